The number of hydrogen-bond acceptors (Lipinski definition) is 4. The molecule has 0 bridgehead atoms. The number of para-hydroxylation sites is 1. The lowest BCUT2D eigenvalue weighted by Crippen LogP contribution is -2.23. The van der Waals surface area contributed by atoms with Gasteiger partial charge in [0.25, 0.3) is 0 Å². The zero-order valence-electron chi connectivity index (χ0n) is 10.6. The van der Waals surface area contributed by atoms with Crippen molar-refractivity contribution in [1.29, 1.82) is 0 Å². The van der Waals surface area contributed by atoms with Gasteiger partial charge in [0.05, 0.1) is 17.8 Å². The molecule has 0 saturated carbocycles. The highest BCUT2D eigenvalue weighted by molar-refractivity contribution is 6.30. The van der Waals surface area contributed by atoms with Gasteiger partial charge in [-0.3, -0.25) is 4.57 Å². The number of aromatic carboxylic acids is 1. The number of hydrogen-bond donors (Lipinski definition) is 1. The minimum Gasteiger partial charge on any atom is -0.475 e. The lowest BCUT2D eigenvalue weighted by molar-refractivity contribution is 0.0663. The maximum absolute atomic E-state index is 11.7. The van der Waals surface area contributed by atoms with Crippen LogP contribution in [-0.4, -0.2) is 20.6 Å². The Kier molecular flexibility index (Phi) is 3.23. The molecule has 6 nitrogen and oxygen atoms in total. The predicted octanol–water partition coefficient (Wildman–Crippen LogP) is 2.39. The van der Waals surface area contributed by atoms with Crippen molar-refractivity contribution < 1.29 is 14.3 Å². The van der Waals surface area contributed by atoms with E-state index in [4.69, 9.17) is 16.0 Å². The van der Waals surface area contributed by atoms with Crippen LogP contribution in [0.25, 0.3) is 11.0 Å². The molecule has 2 heterocycles. The third-order valence-electron chi connectivity index (χ3n) is 3.04. The first-order valence-electron chi connectivity index (χ1n) is 6.02. The number of nitrogens with zero attached hydrogens (tertiary/aromatic N) is 2. The summed E-state index contributed by atoms with van der Waals surface area (Å²) in [5.74, 6) is -1.38. The second-order valence-electron chi connectivity index (χ2n) is 4.39. The molecule has 0 aliphatic heterocycles. The third kappa shape index (κ3) is 2.41. The highest BCUT2D eigenvalue weighted by Crippen LogP contribution is 2.26. The summed E-state index contributed by atoms with van der Waals surface area (Å²) >= 11 is 5.82. The van der Waals surface area contributed by atoms with Crippen molar-refractivity contribution in [2.24, 2.45) is 0 Å². The monoisotopic (exact) mass is 304 g/mol. The summed E-state index contributed by atoms with van der Waals surface area (Å²) in [4.78, 5) is 26.7. The van der Waals surface area contributed by atoms with Crippen molar-refractivity contribution >= 4 is 28.5 Å². The number of carboxylic acids is 1. The van der Waals surface area contributed by atoms with E-state index in [0.717, 1.165) is 0 Å². The average molecular weight is 305 g/mol. The lowest BCUT2D eigenvalue weighted by atomic mass is 10.1. The van der Waals surface area contributed by atoms with Gasteiger partial charge in [0, 0.05) is 17.1 Å². The minimum absolute atomic E-state index is 0.0189. The Balaban J connectivity index is 2.19. The van der Waals surface area contributed by atoms with E-state index >= 15 is 0 Å². The highest BCUT2D eigenvalue weighted by Gasteiger charge is 2.20. The number of aromatic nitrogens is 2. The first-order valence-corrected chi connectivity index (χ1v) is 6.40. The molecule has 0 unspecified atom stereocenters. The molecule has 0 aliphatic rings. The zero-order valence-corrected chi connectivity index (χ0v) is 11.4. The van der Waals surface area contributed by atoms with Crippen molar-refractivity contribution in [1.82, 2.24) is 9.55 Å². The van der Waals surface area contributed by atoms with Gasteiger partial charge in [0.1, 0.15) is 5.58 Å². The van der Waals surface area contributed by atoms with Gasteiger partial charge in [-0.15, -0.1) is 0 Å². The maximum Gasteiger partial charge on any atom is 0.372 e. The van der Waals surface area contributed by atoms with Gasteiger partial charge >= 0.3 is 11.7 Å². The summed E-state index contributed by atoms with van der Waals surface area (Å²) < 4.78 is 6.58. The normalized spacial score (nSPS) is 10.9. The summed E-state index contributed by atoms with van der Waals surface area (Å²) in [5.41, 5.74) is 0.346. The molecule has 1 aromatic carbocycles. The van der Waals surface area contributed by atoms with Crippen molar-refractivity contribution in [2.75, 3.05) is 0 Å². The molecule has 3 aromatic rings. The smallest absolute Gasteiger partial charge is 0.372 e. The van der Waals surface area contributed by atoms with E-state index < -0.39 is 11.7 Å². The van der Waals surface area contributed by atoms with Gasteiger partial charge in [-0.05, 0) is 6.07 Å². The number of carboxylic acid groups (broad SMARTS) is 1. The third-order valence-corrected chi connectivity index (χ3v) is 3.24. The molecule has 0 spiro atoms. The highest BCUT2D eigenvalue weighted by atomic mass is 35.5. The number of carbonyl (C=O) groups is 1. The Labute approximate surface area is 123 Å². The SMILES string of the molecule is O=C(O)c1oc2ccccc2c1Cn1cc(Cl)cnc1=O. The van der Waals surface area contributed by atoms with Crippen molar-refractivity contribution in [3.8, 4) is 0 Å². The molecular weight excluding hydrogens is 296 g/mol. The van der Waals surface area contributed by atoms with E-state index in [1.54, 1.807) is 24.3 Å². The molecule has 2 aromatic heterocycles. The number of fused-ring (bicyclic) bond motifs is 1. The Morgan fingerprint density at radius 3 is 2.90 bits per heavy atom. The summed E-state index contributed by atoms with van der Waals surface area (Å²) in [5, 5.41) is 10.2. The first-order chi connectivity index (χ1) is 10.1. The second-order valence-corrected chi connectivity index (χ2v) is 4.83. The maximum atomic E-state index is 11.7. The Morgan fingerprint density at radius 2 is 2.14 bits per heavy atom. The van der Waals surface area contributed by atoms with Gasteiger partial charge in [-0.1, -0.05) is 29.8 Å². The minimum atomic E-state index is -1.19. The molecular formula is C14H9ClN2O4. The van der Waals surface area contributed by atoms with Crippen LogP contribution in [0.15, 0.2) is 45.9 Å². The number of benzene rings is 1. The van der Waals surface area contributed by atoms with E-state index in [9.17, 15) is 14.7 Å². The van der Waals surface area contributed by atoms with Gasteiger partial charge < -0.3 is 9.52 Å². The van der Waals surface area contributed by atoms with Crippen LogP contribution in [-0.2, 0) is 6.54 Å². The van der Waals surface area contributed by atoms with Crippen LogP contribution < -0.4 is 5.69 Å². The van der Waals surface area contributed by atoms with Crippen molar-refractivity contribution in [2.45, 2.75) is 6.54 Å². The second kappa shape index (κ2) is 5.06. The van der Waals surface area contributed by atoms with Gasteiger partial charge in [0.15, 0.2) is 0 Å². The van der Waals surface area contributed by atoms with E-state index in [0.29, 0.717) is 21.6 Å². The van der Waals surface area contributed by atoms with Crippen molar-refractivity contribution in [3.05, 3.63) is 63.5 Å². The van der Waals surface area contributed by atoms with Gasteiger partial charge in [-0.25, -0.2) is 14.6 Å². The molecule has 1 N–H and O–H groups in total. The fourth-order valence-corrected chi connectivity index (χ4v) is 2.31. The standard InChI is InChI=1S/C14H9ClN2O4/c15-8-5-16-14(20)17(6-8)7-10-9-3-1-2-4-11(9)21-12(10)13(18)19/h1-6H,7H2,(H,18,19). The van der Waals surface area contributed by atoms with Crippen LogP contribution in [0.3, 0.4) is 0 Å². The Bertz CT molecular complexity index is 897. The summed E-state index contributed by atoms with van der Waals surface area (Å²) in [6.07, 6.45) is 2.65. The van der Waals surface area contributed by atoms with Crippen LogP contribution in [0.5, 0.6) is 0 Å². The predicted molar refractivity (Wildman–Crippen MR) is 75.8 cm³/mol. The quantitative estimate of drug-likeness (QED) is 0.803. The van der Waals surface area contributed by atoms with Gasteiger partial charge in [-0.2, -0.15) is 0 Å². The molecule has 0 amide bonds. The van der Waals surface area contributed by atoms with E-state index in [2.05, 4.69) is 4.98 Å². The van der Waals surface area contributed by atoms with Crippen molar-refractivity contribution in [3.63, 3.8) is 0 Å². The molecule has 21 heavy (non-hydrogen) atoms. The summed E-state index contributed by atoms with van der Waals surface area (Å²) in [7, 11) is 0. The first kappa shape index (κ1) is 13.4. The van der Waals surface area contributed by atoms with Crippen LogP contribution in [0.4, 0.5) is 0 Å². The summed E-state index contributed by atoms with van der Waals surface area (Å²) in [6, 6.07) is 6.92. The van der Waals surface area contributed by atoms with Crippen LogP contribution in [0.2, 0.25) is 5.02 Å². The molecule has 3 rings (SSSR count). The average Bonchev–Trinajstić information content (AvgIpc) is 2.82. The van der Waals surface area contributed by atoms with Crippen LogP contribution >= 0.6 is 11.6 Å². The molecule has 0 fully saturated rings. The van der Waals surface area contributed by atoms with E-state index in [1.807, 2.05) is 0 Å². The van der Waals surface area contributed by atoms with Crippen LogP contribution in [0.1, 0.15) is 16.1 Å². The topological polar surface area (TPSA) is 85.3 Å². The zero-order chi connectivity index (χ0) is 15.0. The van der Waals surface area contributed by atoms with E-state index in [1.165, 1.54) is 17.0 Å². The Morgan fingerprint density at radius 1 is 1.38 bits per heavy atom. The summed E-state index contributed by atoms with van der Waals surface area (Å²) in [6.45, 7) is 0.0189. The fraction of sp³-hybridized carbons (Fsp3) is 0.0714. The number of furan rings is 1. The Hall–Kier alpha value is -2.60. The molecule has 0 aliphatic carbocycles. The molecule has 0 radical (unpaired) electrons. The largest absolute Gasteiger partial charge is 0.475 e. The molecule has 106 valence electrons. The molecule has 0 atom stereocenters. The molecule has 0 saturated heterocycles. The molecule has 7 heteroatoms. The number of rotatable bonds is 3. The lowest BCUT2D eigenvalue weighted by Gasteiger charge is -2.04. The fourth-order valence-electron chi connectivity index (χ4n) is 2.14. The van der Waals surface area contributed by atoms with Crippen LogP contribution in [0, 0.1) is 0 Å². The van der Waals surface area contributed by atoms with Gasteiger partial charge in [0.2, 0.25) is 5.76 Å². The van der Waals surface area contributed by atoms with E-state index in [-0.39, 0.29) is 12.3 Å². The number of halogens is 1.